The van der Waals surface area contributed by atoms with Gasteiger partial charge in [0, 0.05) is 17.3 Å². The predicted molar refractivity (Wildman–Crippen MR) is 76.1 cm³/mol. The van der Waals surface area contributed by atoms with Gasteiger partial charge in [-0.05, 0) is 43.1 Å². The van der Waals surface area contributed by atoms with Gasteiger partial charge in [-0.25, -0.2) is 4.39 Å². The fourth-order valence-electron chi connectivity index (χ4n) is 3.25. The first kappa shape index (κ1) is 14.4. The van der Waals surface area contributed by atoms with Gasteiger partial charge >= 0.3 is 0 Å². The summed E-state index contributed by atoms with van der Waals surface area (Å²) < 4.78 is 13.9. The summed E-state index contributed by atoms with van der Waals surface area (Å²) in [6.45, 7) is 6.90. The van der Waals surface area contributed by atoms with E-state index >= 15 is 0 Å². The zero-order chi connectivity index (χ0) is 14.1. The number of hydrogen-bond donors (Lipinski definition) is 1. The van der Waals surface area contributed by atoms with E-state index in [4.69, 9.17) is 5.73 Å². The minimum absolute atomic E-state index is 0.266. The van der Waals surface area contributed by atoms with Gasteiger partial charge in [0.15, 0.2) is 0 Å². The van der Waals surface area contributed by atoms with Crippen LogP contribution in [0.15, 0.2) is 18.5 Å². The Bertz CT molecular complexity index is 434. The van der Waals surface area contributed by atoms with Crippen molar-refractivity contribution in [2.75, 3.05) is 0 Å². The van der Waals surface area contributed by atoms with E-state index in [1.807, 2.05) is 0 Å². The average Bonchev–Trinajstić information content (AvgIpc) is 2.39. The first-order valence-corrected chi connectivity index (χ1v) is 7.28. The van der Waals surface area contributed by atoms with Crippen molar-refractivity contribution in [1.82, 2.24) is 4.98 Å². The molecule has 0 bridgehead atoms. The second-order valence-corrected chi connectivity index (χ2v) is 6.63. The average molecular weight is 264 g/mol. The monoisotopic (exact) mass is 264 g/mol. The number of hydrogen-bond acceptors (Lipinski definition) is 2. The van der Waals surface area contributed by atoms with Crippen LogP contribution in [0.5, 0.6) is 0 Å². The fraction of sp³-hybridized carbons (Fsp3) is 0.688. The molecule has 2 N–H and O–H groups in total. The van der Waals surface area contributed by atoms with Crippen molar-refractivity contribution in [1.29, 1.82) is 0 Å². The number of nitrogens with zero attached hydrogens (tertiary/aromatic N) is 1. The Balaban J connectivity index is 2.13. The van der Waals surface area contributed by atoms with Gasteiger partial charge in [-0.15, -0.1) is 0 Å². The molecular formula is C16H25FN2. The highest BCUT2D eigenvalue weighted by molar-refractivity contribution is 5.23. The molecule has 1 aliphatic carbocycles. The SMILES string of the molecule is CCC(C)(C)C1CCC(N)(c2ccncc2F)CC1. The smallest absolute Gasteiger partial charge is 0.146 e. The standard InChI is InChI=1S/C16H25FN2/c1-4-15(2,3)12-5-8-16(18,9-6-12)13-7-10-19-11-14(13)17/h7,10-12H,4-6,8-9,18H2,1-3H3. The summed E-state index contributed by atoms with van der Waals surface area (Å²) in [7, 11) is 0. The van der Waals surface area contributed by atoms with Crippen molar-refractivity contribution >= 4 is 0 Å². The zero-order valence-electron chi connectivity index (χ0n) is 12.2. The number of nitrogens with two attached hydrogens (primary N) is 1. The Morgan fingerprint density at radius 1 is 1.42 bits per heavy atom. The van der Waals surface area contributed by atoms with Crippen LogP contribution in [0, 0.1) is 17.2 Å². The summed E-state index contributed by atoms with van der Waals surface area (Å²) in [6, 6.07) is 1.74. The molecule has 106 valence electrons. The van der Waals surface area contributed by atoms with Gasteiger partial charge in [-0.1, -0.05) is 27.2 Å². The van der Waals surface area contributed by atoms with Crippen LogP contribution in [0.1, 0.15) is 58.4 Å². The molecule has 3 heteroatoms. The summed E-state index contributed by atoms with van der Waals surface area (Å²) in [5.41, 5.74) is 6.95. The number of pyridine rings is 1. The second kappa shape index (κ2) is 5.20. The van der Waals surface area contributed by atoms with Gasteiger partial charge in [0.25, 0.3) is 0 Å². The third-order valence-electron chi connectivity index (χ3n) is 5.20. The van der Waals surface area contributed by atoms with Crippen LogP contribution in [0.2, 0.25) is 0 Å². The van der Waals surface area contributed by atoms with E-state index in [-0.39, 0.29) is 5.82 Å². The Labute approximate surface area is 115 Å². The van der Waals surface area contributed by atoms with Crippen LogP contribution in [0.25, 0.3) is 0 Å². The Hall–Kier alpha value is -0.960. The maximum Gasteiger partial charge on any atom is 0.146 e. The maximum atomic E-state index is 13.9. The molecule has 0 aliphatic heterocycles. The molecule has 0 unspecified atom stereocenters. The highest BCUT2D eigenvalue weighted by Gasteiger charge is 2.39. The Kier molecular flexibility index (Phi) is 3.95. The van der Waals surface area contributed by atoms with E-state index in [1.54, 1.807) is 12.3 Å². The molecule has 1 fully saturated rings. The number of aromatic nitrogens is 1. The van der Waals surface area contributed by atoms with E-state index in [9.17, 15) is 4.39 Å². The van der Waals surface area contributed by atoms with Crippen LogP contribution in [-0.2, 0) is 5.54 Å². The summed E-state index contributed by atoms with van der Waals surface area (Å²) >= 11 is 0. The lowest BCUT2D eigenvalue weighted by atomic mass is 9.64. The van der Waals surface area contributed by atoms with Crippen LogP contribution < -0.4 is 5.73 Å². The maximum absolute atomic E-state index is 13.9. The molecule has 1 aromatic heterocycles. The van der Waals surface area contributed by atoms with Gasteiger partial charge < -0.3 is 5.73 Å². The molecular weight excluding hydrogens is 239 g/mol. The zero-order valence-corrected chi connectivity index (χ0v) is 12.2. The number of halogens is 1. The van der Waals surface area contributed by atoms with E-state index in [0.29, 0.717) is 16.9 Å². The largest absolute Gasteiger partial charge is 0.321 e. The Morgan fingerprint density at radius 3 is 2.58 bits per heavy atom. The van der Waals surface area contributed by atoms with Crippen molar-refractivity contribution < 1.29 is 4.39 Å². The van der Waals surface area contributed by atoms with Crippen LogP contribution in [0.3, 0.4) is 0 Å². The molecule has 0 atom stereocenters. The van der Waals surface area contributed by atoms with Gasteiger partial charge in [-0.2, -0.15) is 0 Å². The lowest BCUT2D eigenvalue weighted by Gasteiger charge is -2.43. The highest BCUT2D eigenvalue weighted by Crippen LogP contribution is 2.45. The lowest BCUT2D eigenvalue weighted by molar-refractivity contribution is 0.113. The summed E-state index contributed by atoms with van der Waals surface area (Å²) in [4.78, 5) is 3.81. The topological polar surface area (TPSA) is 38.9 Å². The van der Waals surface area contributed by atoms with Crippen molar-refractivity contribution in [3.8, 4) is 0 Å². The van der Waals surface area contributed by atoms with Crippen molar-refractivity contribution in [3.63, 3.8) is 0 Å². The first-order chi connectivity index (χ1) is 8.89. The van der Waals surface area contributed by atoms with E-state index in [1.165, 1.54) is 12.6 Å². The second-order valence-electron chi connectivity index (χ2n) is 6.63. The molecule has 0 aromatic carbocycles. The minimum Gasteiger partial charge on any atom is -0.321 e. The fourth-order valence-corrected chi connectivity index (χ4v) is 3.25. The van der Waals surface area contributed by atoms with Crippen LogP contribution >= 0.6 is 0 Å². The molecule has 1 heterocycles. The van der Waals surface area contributed by atoms with Crippen molar-refractivity contribution in [2.45, 2.75) is 58.4 Å². The first-order valence-electron chi connectivity index (χ1n) is 7.28. The molecule has 2 rings (SSSR count). The van der Waals surface area contributed by atoms with E-state index in [0.717, 1.165) is 25.7 Å². The highest BCUT2D eigenvalue weighted by atomic mass is 19.1. The van der Waals surface area contributed by atoms with Crippen LogP contribution in [0.4, 0.5) is 4.39 Å². The molecule has 2 nitrogen and oxygen atoms in total. The van der Waals surface area contributed by atoms with Gasteiger partial charge in [0.05, 0.1) is 6.20 Å². The molecule has 0 spiro atoms. The number of rotatable bonds is 3. The summed E-state index contributed by atoms with van der Waals surface area (Å²) in [5, 5.41) is 0. The van der Waals surface area contributed by atoms with Gasteiger partial charge in [-0.3, -0.25) is 4.98 Å². The third-order valence-corrected chi connectivity index (χ3v) is 5.20. The molecule has 1 saturated carbocycles. The molecule has 0 amide bonds. The lowest BCUT2D eigenvalue weighted by Crippen LogP contribution is -2.43. The molecule has 0 radical (unpaired) electrons. The molecule has 1 aliphatic rings. The molecule has 19 heavy (non-hydrogen) atoms. The predicted octanol–water partition coefficient (Wildman–Crippen LogP) is 4.00. The van der Waals surface area contributed by atoms with Gasteiger partial charge in [0.1, 0.15) is 5.82 Å². The summed E-state index contributed by atoms with van der Waals surface area (Å²) in [6.07, 6.45) is 7.97. The quantitative estimate of drug-likeness (QED) is 0.896. The Morgan fingerprint density at radius 2 is 2.05 bits per heavy atom. The third kappa shape index (κ3) is 2.81. The normalized spacial score (nSPS) is 28.4. The summed E-state index contributed by atoms with van der Waals surface area (Å²) in [5.74, 6) is 0.428. The van der Waals surface area contributed by atoms with E-state index in [2.05, 4.69) is 25.8 Å². The van der Waals surface area contributed by atoms with Crippen LogP contribution in [-0.4, -0.2) is 4.98 Å². The molecule has 1 aromatic rings. The minimum atomic E-state index is -0.507. The van der Waals surface area contributed by atoms with Crippen molar-refractivity contribution in [2.24, 2.45) is 17.1 Å². The van der Waals surface area contributed by atoms with Crippen molar-refractivity contribution in [3.05, 3.63) is 29.8 Å². The van der Waals surface area contributed by atoms with E-state index < -0.39 is 5.54 Å². The van der Waals surface area contributed by atoms with Gasteiger partial charge in [0.2, 0.25) is 0 Å². The molecule has 0 saturated heterocycles.